The standard InChI is InChI=1S/C28H18ClN/c29-22-13-16-24-21(18-22)12-17-27-28(24)25-8-4-5-9-26(25)30(27)23-14-10-20(11-15-23)19-6-2-1-3-7-19/h1-18H. The van der Waals surface area contributed by atoms with Crippen LogP contribution in [0.15, 0.2) is 109 Å². The Morgan fingerprint density at radius 1 is 0.533 bits per heavy atom. The molecule has 0 spiro atoms. The lowest BCUT2D eigenvalue weighted by Gasteiger charge is -2.10. The molecule has 0 aliphatic rings. The molecule has 6 aromatic rings. The van der Waals surface area contributed by atoms with Crippen LogP contribution in [-0.2, 0) is 0 Å². The fourth-order valence-electron chi connectivity index (χ4n) is 4.48. The van der Waals surface area contributed by atoms with Crippen LogP contribution in [0.1, 0.15) is 0 Å². The topological polar surface area (TPSA) is 4.93 Å². The molecule has 6 rings (SSSR count). The van der Waals surface area contributed by atoms with E-state index in [1.54, 1.807) is 0 Å². The summed E-state index contributed by atoms with van der Waals surface area (Å²) in [6.07, 6.45) is 0. The van der Waals surface area contributed by atoms with Gasteiger partial charge in [-0.05, 0) is 58.3 Å². The molecule has 2 heteroatoms. The first-order chi connectivity index (χ1) is 14.8. The molecule has 142 valence electrons. The molecule has 5 aromatic carbocycles. The Kier molecular flexibility index (Phi) is 3.90. The quantitative estimate of drug-likeness (QED) is 0.274. The van der Waals surface area contributed by atoms with Gasteiger partial charge in [-0.1, -0.05) is 84.4 Å². The molecule has 1 heterocycles. The summed E-state index contributed by atoms with van der Waals surface area (Å²) < 4.78 is 2.35. The van der Waals surface area contributed by atoms with Crippen molar-refractivity contribution in [3.63, 3.8) is 0 Å². The second kappa shape index (κ2) is 6.76. The summed E-state index contributed by atoms with van der Waals surface area (Å²) in [6, 6.07) is 38.5. The highest BCUT2D eigenvalue weighted by atomic mass is 35.5. The zero-order chi connectivity index (χ0) is 20.1. The third-order valence-electron chi connectivity index (χ3n) is 5.85. The molecule has 1 nitrogen and oxygen atoms in total. The summed E-state index contributed by atoms with van der Waals surface area (Å²) in [7, 11) is 0. The Hall–Kier alpha value is -3.55. The van der Waals surface area contributed by atoms with E-state index >= 15 is 0 Å². The van der Waals surface area contributed by atoms with E-state index in [0.717, 1.165) is 16.1 Å². The normalized spacial score (nSPS) is 11.5. The van der Waals surface area contributed by atoms with Gasteiger partial charge >= 0.3 is 0 Å². The zero-order valence-corrected chi connectivity index (χ0v) is 17.0. The fourth-order valence-corrected chi connectivity index (χ4v) is 4.66. The Morgan fingerprint density at radius 2 is 1.27 bits per heavy atom. The molecular formula is C28H18ClN. The Balaban J connectivity index is 1.63. The van der Waals surface area contributed by atoms with Crippen molar-refractivity contribution in [2.75, 3.05) is 0 Å². The molecule has 0 amide bonds. The lowest BCUT2D eigenvalue weighted by molar-refractivity contribution is 1.18. The van der Waals surface area contributed by atoms with Crippen LogP contribution in [0, 0.1) is 0 Å². The SMILES string of the molecule is Clc1ccc2c(ccc3c2c2ccccc2n3-c2ccc(-c3ccccc3)cc2)c1. The number of aromatic nitrogens is 1. The predicted molar refractivity (Wildman–Crippen MR) is 129 cm³/mol. The molecule has 30 heavy (non-hydrogen) atoms. The second-order valence-electron chi connectivity index (χ2n) is 7.59. The van der Waals surface area contributed by atoms with Crippen molar-refractivity contribution in [1.29, 1.82) is 0 Å². The number of rotatable bonds is 2. The number of fused-ring (bicyclic) bond motifs is 5. The third-order valence-corrected chi connectivity index (χ3v) is 6.08. The van der Waals surface area contributed by atoms with E-state index in [1.807, 2.05) is 18.2 Å². The third kappa shape index (κ3) is 2.63. The number of nitrogens with zero attached hydrogens (tertiary/aromatic N) is 1. The van der Waals surface area contributed by atoms with Crippen LogP contribution in [0.2, 0.25) is 5.02 Å². The van der Waals surface area contributed by atoms with Crippen molar-refractivity contribution in [1.82, 2.24) is 4.57 Å². The summed E-state index contributed by atoms with van der Waals surface area (Å²) >= 11 is 6.25. The van der Waals surface area contributed by atoms with Crippen LogP contribution in [0.3, 0.4) is 0 Å². The van der Waals surface area contributed by atoms with Gasteiger partial charge < -0.3 is 4.57 Å². The maximum absolute atomic E-state index is 6.25. The Bertz CT molecular complexity index is 1530. The minimum Gasteiger partial charge on any atom is -0.309 e. The first-order valence-electron chi connectivity index (χ1n) is 10.1. The van der Waals surface area contributed by atoms with Gasteiger partial charge in [0.1, 0.15) is 0 Å². The minimum atomic E-state index is 0.766. The molecule has 0 aliphatic carbocycles. The summed E-state index contributed by atoms with van der Waals surface area (Å²) in [4.78, 5) is 0. The first-order valence-corrected chi connectivity index (χ1v) is 10.4. The monoisotopic (exact) mass is 403 g/mol. The van der Waals surface area contributed by atoms with Crippen LogP contribution in [0.5, 0.6) is 0 Å². The molecule has 0 atom stereocenters. The second-order valence-corrected chi connectivity index (χ2v) is 8.03. The van der Waals surface area contributed by atoms with E-state index in [0.29, 0.717) is 0 Å². The first kappa shape index (κ1) is 17.3. The van der Waals surface area contributed by atoms with E-state index in [1.165, 1.54) is 38.3 Å². The van der Waals surface area contributed by atoms with Crippen molar-refractivity contribution >= 4 is 44.2 Å². The molecule has 0 radical (unpaired) electrons. The molecule has 0 fully saturated rings. The molecule has 0 N–H and O–H groups in total. The number of benzene rings is 5. The molecule has 0 saturated heterocycles. The van der Waals surface area contributed by atoms with Gasteiger partial charge in [0.25, 0.3) is 0 Å². The van der Waals surface area contributed by atoms with Gasteiger partial charge in [-0.3, -0.25) is 0 Å². The lowest BCUT2D eigenvalue weighted by Crippen LogP contribution is -1.93. The van der Waals surface area contributed by atoms with E-state index in [2.05, 4.69) is 95.6 Å². The van der Waals surface area contributed by atoms with Crippen molar-refractivity contribution in [3.8, 4) is 16.8 Å². The molecule has 0 unspecified atom stereocenters. The molecule has 0 aliphatic heterocycles. The highest BCUT2D eigenvalue weighted by molar-refractivity contribution is 6.32. The van der Waals surface area contributed by atoms with Gasteiger partial charge in [-0.2, -0.15) is 0 Å². The molecule has 1 aromatic heterocycles. The number of hydrogen-bond acceptors (Lipinski definition) is 0. The van der Waals surface area contributed by atoms with Crippen molar-refractivity contribution in [2.24, 2.45) is 0 Å². The van der Waals surface area contributed by atoms with Crippen LogP contribution in [-0.4, -0.2) is 4.57 Å². The number of halogens is 1. The Labute approximate surface area is 179 Å². The summed E-state index contributed by atoms with van der Waals surface area (Å²) in [5.74, 6) is 0. The van der Waals surface area contributed by atoms with Crippen molar-refractivity contribution < 1.29 is 0 Å². The highest BCUT2D eigenvalue weighted by Crippen LogP contribution is 2.37. The van der Waals surface area contributed by atoms with E-state index < -0.39 is 0 Å². The van der Waals surface area contributed by atoms with Crippen molar-refractivity contribution in [2.45, 2.75) is 0 Å². The van der Waals surface area contributed by atoms with Gasteiger partial charge in [0.05, 0.1) is 11.0 Å². The smallest absolute Gasteiger partial charge is 0.0547 e. The average Bonchev–Trinajstić information content (AvgIpc) is 3.14. The molecule has 0 bridgehead atoms. The van der Waals surface area contributed by atoms with E-state index in [-0.39, 0.29) is 0 Å². The maximum atomic E-state index is 6.25. The molecule has 0 saturated carbocycles. The van der Waals surface area contributed by atoms with E-state index in [4.69, 9.17) is 11.6 Å². The maximum Gasteiger partial charge on any atom is 0.0547 e. The minimum absolute atomic E-state index is 0.766. The van der Waals surface area contributed by atoms with Crippen molar-refractivity contribution in [3.05, 3.63) is 114 Å². The fraction of sp³-hybridized carbons (Fsp3) is 0. The summed E-state index contributed by atoms with van der Waals surface area (Å²) in [5.41, 5.74) is 6.03. The van der Waals surface area contributed by atoms with Crippen LogP contribution < -0.4 is 0 Å². The van der Waals surface area contributed by atoms with Gasteiger partial charge in [0, 0.05) is 21.5 Å². The van der Waals surface area contributed by atoms with Crippen LogP contribution >= 0.6 is 11.6 Å². The Morgan fingerprint density at radius 3 is 2.10 bits per heavy atom. The van der Waals surface area contributed by atoms with E-state index in [9.17, 15) is 0 Å². The predicted octanol–water partition coefficient (Wildman–Crippen LogP) is 8.26. The summed E-state index contributed by atoms with van der Waals surface area (Å²) in [5, 5.41) is 5.69. The number of hydrogen-bond donors (Lipinski definition) is 0. The summed E-state index contributed by atoms with van der Waals surface area (Å²) in [6.45, 7) is 0. The van der Waals surface area contributed by atoms with Gasteiger partial charge in [0.2, 0.25) is 0 Å². The largest absolute Gasteiger partial charge is 0.309 e. The lowest BCUT2D eigenvalue weighted by atomic mass is 10.0. The molecular weight excluding hydrogens is 386 g/mol. The van der Waals surface area contributed by atoms with Crippen LogP contribution in [0.4, 0.5) is 0 Å². The van der Waals surface area contributed by atoms with Crippen LogP contribution in [0.25, 0.3) is 49.4 Å². The van der Waals surface area contributed by atoms with Gasteiger partial charge in [0.15, 0.2) is 0 Å². The zero-order valence-electron chi connectivity index (χ0n) is 16.2. The van der Waals surface area contributed by atoms with Gasteiger partial charge in [-0.15, -0.1) is 0 Å². The highest BCUT2D eigenvalue weighted by Gasteiger charge is 2.14. The van der Waals surface area contributed by atoms with Gasteiger partial charge in [-0.25, -0.2) is 0 Å². The number of para-hydroxylation sites is 1. The average molecular weight is 404 g/mol.